The van der Waals surface area contributed by atoms with Gasteiger partial charge in [-0.05, 0) is 12.8 Å². The van der Waals surface area contributed by atoms with Crippen molar-refractivity contribution in [3.8, 4) is 0 Å². The Bertz CT molecular complexity index is 344. The maximum Gasteiger partial charge on any atom is 0.257 e. The van der Waals surface area contributed by atoms with E-state index in [0.29, 0.717) is 11.6 Å². The van der Waals surface area contributed by atoms with Crippen molar-refractivity contribution in [3.63, 3.8) is 0 Å². The number of likely N-dealkylation sites (tertiary alicyclic amines) is 1. The van der Waals surface area contributed by atoms with Gasteiger partial charge in [0, 0.05) is 30.3 Å². The first-order chi connectivity index (χ1) is 7.33. The van der Waals surface area contributed by atoms with E-state index in [1.54, 1.807) is 12.4 Å². The van der Waals surface area contributed by atoms with Gasteiger partial charge in [-0.25, -0.2) is 9.97 Å². The minimum absolute atomic E-state index is 0.0394. The van der Waals surface area contributed by atoms with Crippen LogP contribution in [0.3, 0.4) is 0 Å². The molecular formula is C10H12BrN3O. The van der Waals surface area contributed by atoms with Crippen LogP contribution < -0.4 is 0 Å². The standard InChI is InChI=1S/C10H12BrN3O/c11-4-9-2-1-3-14(9)10(15)8-5-12-7-13-6-8/h5-7,9H,1-4H2. The molecule has 15 heavy (non-hydrogen) atoms. The van der Waals surface area contributed by atoms with Gasteiger partial charge in [0.1, 0.15) is 6.33 Å². The molecule has 0 radical (unpaired) electrons. The summed E-state index contributed by atoms with van der Waals surface area (Å²) in [6.07, 6.45) is 6.72. The van der Waals surface area contributed by atoms with Crippen molar-refractivity contribution < 1.29 is 4.79 Å². The summed E-state index contributed by atoms with van der Waals surface area (Å²) in [6.45, 7) is 0.837. The Morgan fingerprint density at radius 3 is 2.93 bits per heavy atom. The number of hydrogen-bond donors (Lipinski definition) is 0. The van der Waals surface area contributed by atoms with Crippen LogP contribution in [0.5, 0.6) is 0 Å². The summed E-state index contributed by atoms with van der Waals surface area (Å²) in [7, 11) is 0. The highest BCUT2D eigenvalue weighted by molar-refractivity contribution is 9.09. The summed E-state index contributed by atoms with van der Waals surface area (Å²) >= 11 is 3.43. The third-order valence-electron chi connectivity index (χ3n) is 2.62. The van der Waals surface area contributed by atoms with E-state index in [1.165, 1.54) is 6.33 Å². The largest absolute Gasteiger partial charge is 0.335 e. The Hall–Kier alpha value is -0.970. The smallest absolute Gasteiger partial charge is 0.257 e. The van der Waals surface area contributed by atoms with Crippen LogP contribution in [0.25, 0.3) is 0 Å². The topological polar surface area (TPSA) is 46.1 Å². The third kappa shape index (κ3) is 2.17. The average Bonchev–Trinajstić information content (AvgIpc) is 2.77. The molecule has 2 heterocycles. The third-order valence-corrected chi connectivity index (χ3v) is 3.37. The molecule has 1 unspecified atom stereocenters. The molecule has 5 heteroatoms. The summed E-state index contributed by atoms with van der Waals surface area (Å²) < 4.78 is 0. The molecule has 0 saturated carbocycles. The molecule has 1 aromatic rings. The number of aromatic nitrogens is 2. The molecule has 4 nitrogen and oxygen atoms in total. The molecule has 1 saturated heterocycles. The molecule has 1 aliphatic heterocycles. The summed E-state index contributed by atoms with van der Waals surface area (Å²) in [4.78, 5) is 21.7. The Morgan fingerprint density at radius 2 is 2.27 bits per heavy atom. The van der Waals surface area contributed by atoms with Crippen molar-refractivity contribution in [3.05, 3.63) is 24.3 Å². The number of halogens is 1. The number of carbonyl (C=O) groups excluding carboxylic acids is 1. The van der Waals surface area contributed by atoms with Crippen LogP contribution in [-0.4, -0.2) is 38.7 Å². The first kappa shape index (κ1) is 10.5. The lowest BCUT2D eigenvalue weighted by Crippen LogP contribution is -2.36. The summed E-state index contributed by atoms with van der Waals surface area (Å²) in [5.41, 5.74) is 0.574. The van der Waals surface area contributed by atoms with Gasteiger partial charge in [0.2, 0.25) is 0 Å². The molecule has 80 valence electrons. The molecule has 0 bridgehead atoms. The lowest BCUT2D eigenvalue weighted by atomic mass is 10.2. The Balaban J connectivity index is 2.14. The quantitative estimate of drug-likeness (QED) is 0.765. The molecule has 2 rings (SSSR count). The van der Waals surface area contributed by atoms with E-state index in [4.69, 9.17) is 0 Å². The number of rotatable bonds is 2. The maximum absolute atomic E-state index is 12.0. The van der Waals surface area contributed by atoms with Gasteiger partial charge in [0.05, 0.1) is 5.56 Å². The summed E-state index contributed by atoms with van der Waals surface area (Å²) in [6, 6.07) is 0.317. The van der Waals surface area contributed by atoms with E-state index in [9.17, 15) is 4.79 Å². The van der Waals surface area contributed by atoms with Crippen LogP contribution >= 0.6 is 15.9 Å². The van der Waals surface area contributed by atoms with Crippen molar-refractivity contribution in [1.29, 1.82) is 0 Å². The van der Waals surface area contributed by atoms with Gasteiger partial charge < -0.3 is 4.90 Å². The van der Waals surface area contributed by atoms with Crippen molar-refractivity contribution >= 4 is 21.8 Å². The molecule has 1 amide bonds. The number of nitrogens with zero attached hydrogens (tertiary/aromatic N) is 3. The van der Waals surface area contributed by atoms with E-state index in [2.05, 4.69) is 25.9 Å². The SMILES string of the molecule is O=C(c1cncnc1)N1CCCC1CBr. The van der Waals surface area contributed by atoms with Crippen molar-refractivity contribution in [1.82, 2.24) is 14.9 Å². The molecule has 0 aromatic carbocycles. The van der Waals surface area contributed by atoms with Gasteiger partial charge in [0.15, 0.2) is 0 Å². The van der Waals surface area contributed by atoms with E-state index in [0.717, 1.165) is 24.7 Å². The minimum atomic E-state index is 0.0394. The Labute approximate surface area is 96.8 Å². The second-order valence-corrected chi connectivity index (χ2v) is 4.22. The molecule has 1 fully saturated rings. The summed E-state index contributed by atoms with van der Waals surface area (Å²) in [5, 5.41) is 0.840. The first-order valence-corrected chi connectivity index (χ1v) is 6.07. The van der Waals surface area contributed by atoms with E-state index in [-0.39, 0.29) is 5.91 Å². The lowest BCUT2D eigenvalue weighted by molar-refractivity contribution is 0.0749. The van der Waals surface area contributed by atoms with Crippen molar-refractivity contribution in [2.75, 3.05) is 11.9 Å². The Morgan fingerprint density at radius 1 is 1.53 bits per heavy atom. The van der Waals surface area contributed by atoms with E-state index < -0.39 is 0 Å². The van der Waals surface area contributed by atoms with Crippen LogP contribution in [0, 0.1) is 0 Å². The van der Waals surface area contributed by atoms with Gasteiger partial charge in [-0.3, -0.25) is 4.79 Å². The highest BCUT2D eigenvalue weighted by Gasteiger charge is 2.28. The van der Waals surface area contributed by atoms with E-state index in [1.807, 2.05) is 4.90 Å². The second-order valence-electron chi connectivity index (χ2n) is 3.58. The van der Waals surface area contributed by atoms with Gasteiger partial charge in [0.25, 0.3) is 5.91 Å². The monoisotopic (exact) mass is 269 g/mol. The van der Waals surface area contributed by atoms with Crippen molar-refractivity contribution in [2.45, 2.75) is 18.9 Å². The van der Waals surface area contributed by atoms with Crippen LogP contribution in [-0.2, 0) is 0 Å². The highest BCUT2D eigenvalue weighted by Crippen LogP contribution is 2.20. The number of hydrogen-bond acceptors (Lipinski definition) is 3. The average molecular weight is 270 g/mol. The predicted molar refractivity (Wildman–Crippen MR) is 59.9 cm³/mol. The number of carbonyl (C=O) groups is 1. The zero-order valence-electron chi connectivity index (χ0n) is 8.27. The van der Waals surface area contributed by atoms with Gasteiger partial charge in [-0.1, -0.05) is 15.9 Å². The predicted octanol–water partition coefficient (Wildman–Crippen LogP) is 1.48. The number of amides is 1. The Kier molecular flexibility index (Phi) is 3.30. The van der Waals surface area contributed by atoms with Gasteiger partial charge >= 0.3 is 0 Å². The molecule has 0 spiro atoms. The highest BCUT2D eigenvalue weighted by atomic mass is 79.9. The molecular weight excluding hydrogens is 258 g/mol. The summed E-state index contributed by atoms with van der Waals surface area (Å²) in [5.74, 6) is 0.0394. The lowest BCUT2D eigenvalue weighted by Gasteiger charge is -2.22. The fourth-order valence-electron chi connectivity index (χ4n) is 1.84. The fraction of sp³-hybridized carbons (Fsp3) is 0.500. The normalized spacial score (nSPS) is 20.6. The minimum Gasteiger partial charge on any atom is -0.335 e. The fourth-order valence-corrected chi connectivity index (χ4v) is 2.51. The zero-order valence-corrected chi connectivity index (χ0v) is 9.85. The maximum atomic E-state index is 12.0. The number of alkyl halides is 1. The molecule has 0 aliphatic carbocycles. The molecule has 1 atom stereocenters. The zero-order chi connectivity index (χ0) is 10.7. The molecule has 1 aromatic heterocycles. The molecule has 1 aliphatic rings. The van der Waals surface area contributed by atoms with Crippen LogP contribution in [0.1, 0.15) is 23.2 Å². The van der Waals surface area contributed by atoms with Gasteiger partial charge in [-0.15, -0.1) is 0 Å². The van der Waals surface area contributed by atoms with Crippen LogP contribution in [0.4, 0.5) is 0 Å². The van der Waals surface area contributed by atoms with Gasteiger partial charge in [-0.2, -0.15) is 0 Å². The first-order valence-electron chi connectivity index (χ1n) is 4.95. The van der Waals surface area contributed by atoms with Crippen molar-refractivity contribution in [2.24, 2.45) is 0 Å². The molecule has 0 N–H and O–H groups in total. The second kappa shape index (κ2) is 4.70. The van der Waals surface area contributed by atoms with Crippen LogP contribution in [0.2, 0.25) is 0 Å². The van der Waals surface area contributed by atoms with Crippen LogP contribution in [0.15, 0.2) is 18.7 Å². The van der Waals surface area contributed by atoms with E-state index >= 15 is 0 Å².